The van der Waals surface area contributed by atoms with Crippen LogP contribution < -0.4 is 8.92 Å². The molecule has 110 valence electrons. The third-order valence-electron chi connectivity index (χ3n) is 4.07. The van der Waals surface area contributed by atoms with Crippen LogP contribution in [-0.2, 0) is 5.54 Å². The summed E-state index contributed by atoms with van der Waals surface area (Å²) in [6.45, 7) is 0. The van der Waals surface area contributed by atoms with E-state index in [1.807, 2.05) is 36.4 Å². The van der Waals surface area contributed by atoms with Gasteiger partial charge in [0.1, 0.15) is 0 Å². The van der Waals surface area contributed by atoms with Gasteiger partial charge in [0.15, 0.2) is 0 Å². The Morgan fingerprint density at radius 2 is 1.43 bits per heavy atom. The molecular weight excluding hydrogens is 351 g/mol. The van der Waals surface area contributed by atoms with E-state index in [0.29, 0.717) is 0 Å². The Morgan fingerprint density at radius 1 is 0.870 bits per heavy atom. The summed E-state index contributed by atoms with van der Waals surface area (Å²) in [5.41, 5.74) is 11.6. The molecule has 3 aromatic rings. The van der Waals surface area contributed by atoms with E-state index in [2.05, 4.69) is 39.3 Å². The summed E-state index contributed by atoms with van der Waals surface area (Å²) in [7, 11) is 0. The fraction of sp³-hybridized carbons (Fsp3) is 0.0556. The zero-order valence-corrected chi connectivity index (χ0v) is 13.8. The molecule has 0 saturated carbocycles. The van der Waals surface area contributed by atoms with Gasteiger partial charge in [-0.25, -0.2) is 0 Å². The van der Waals surface area contributed by atoms with Gasteiger partial charge in [-0.3, -0.25) is 0 Å². The molecule has 1 aliphatic rings. The second-order valence-electron chi connectivity index (χ2n) is 5.23. The van der Waals surface area contributed by atoms with Gasteiger partial charge in [0, 0.05) is 0 Å². The van der Waals surface area contributed by atoms with Crippen molar-refractivity contribution in [1.82, 2.24) is 4.98 Å². The molecule has 0 atom stereocenters. The topological polar surface area (TPSA) is 61.7 Å². The molecule has 5 heteroatoms. The van der Waals surface area contributed by atoms with Crippen molar-refractivity contribution in [3.8, 4) is 0 Å². The minimum atomic E-state index is -0.828. The molecule has 0 spiro atoms. The molecule has 23 heavy (non-hydrogen) atoms. The van der Waals surface area contributed by atoms with Crippen molar-refractivity contribution in [3.63, 3.8) is 0 Å². The average Bonchev–Trinajstić information content (AvgIpc) is 2.62. The fourth-order valence-corrected chi connectivity index (χ4v) is 5.59. The summed E-state index contributed by atoms with van der Waals surface area (Å²) in [6, 6.07) is 20.4. The number of rotatable bonds is 2. The van der Waals surface area contributed by atoms with Gasteiger partial charge in [-0.1, -0.05) is 0 Å². The number of pyridine rings is 1. The summed E-state index contributed by atoms with van der Waals surface area (Å²) in [4.78, 5) is 7.33. The van der Waals surface area contributed by atoms with Crippen molar-refractivity contribution >= 4 is 23.9 Å². The van der Waals surface area contributed by atoms with Crippen LogP contribution in [0.4, 0.5) is 0 Å². The number of fused-ring (bicyclic) bond motifs is 2. The third-order valence-corrected chi connectivity index (χ3v) is 6.48. The number of aromatic nitrogens is 1. The number of benzene rings is 2. The molecule has 0 unspecified atom stereocenters. The summed E-state index contributed by atoms with van der Waals surface area (Å²) >= 11 is 0.203. The first kappa shape index (κ1) is 14.0. The first-order valence-corrected chi connectivity index (χ1v) is 8.91. The zero-order chi connectivity index (χ0) is 15.7. The second kappa shape index (κ2) is 5.56. The SMILES string of the molecule is [N-]=[N+]=NC1(c2ccncc2)c2ccccc2[Se]c2ccccc21. The van der Waals surface area contributed by atoms with Crippen LogP contribution in [0, 0.1) is 0 Å². The van der Waals surface area contributed by atoms with Crippen LogP contribution >= 0.6 is 0 Å². The van der Waals surface area contributed by atoms with E-state index in [1.165, 1.54) is 8.92 Å². The number of azide groups is 1. The summed E-state index contributed by atoms with van der Waals surface area (Å²) in [5.74, 6) is 0. The van der Waals surface area contributed by atoms with Crippen molar-refractivity contribution < 1.29 is 0 Å². The summed E-state index contributed by atoms with van der Waals surface area (Å²) in [5, 5.41) is 4.33. The summed E-state index contributed by atoms with van der Waals surface area (Å²) < 4.78 is 2.51. The molecule has 0 radical (unpaired) electrons. The third kappa shape index (κ3) is 2.06. The van der Waals surface area contributed by atoms with Crippen LogP contribution in [0.1, 0.15) is 16.7 Å². The monoisotopic (exact) mass is 364 g/mol. The van der Waals surface area contributed by atoms with Crippen molar-refractivity contribution in [2.45, 2.75) is 5.54 Å². The van der Waals surface area contributed by atoms with E-state index < -0.39 is 5.54 Å². The van der Waals surface area contributed by atoms with Crippen molar-refractivity contribution in [2.24, 2.45) is 5.11 Å². The fourth-order valence-electron chi connectivity index (χ4n) is 3.11. The molecule has 1 aromatic heterocycles. The first-order chi connectivity index (χ1) is 11.4. The Hall–Kier alpha value is -2.58. The van der Waals surface area contributed by atoms with Gasteiger partial charge in [0.05, 0.1) is 0 Å². The molecule has 0 aliphatic carbocycles. The molecule has 4 nitrogen and oxygen atoms in total. The number of nitrogens with zero attached hydrogens (tertiary/aromatic N) is 4. The van der Waals surface area contributed by atoms with Crippen LogP contribution in [0.2, 0.25) is 0 Å². The van der Waals surface area contributed by atoms with Crippen LogP contribution in [0.3, 0.4) is 0 Å². The van der Waals surface area contributed by atoms with Gasteiger partial charge in [0.25, 0.3) is 0 Å². The molecule has 0 saturated heterocycles. The maximum absolute atomic E-state index is 9.34. The minimum absolute atomic E-state index is 0.203. The molecule has 0 fully saturated rings. The van der Waals surface area contributed by atoms with Gasteiger partial charge >= 0.3 is 140 Å². The van der Waals surface area contributed by atoms with E-state index in [1.54, 1.807) is 12.4 Å². The zero-order valence-electron chi connectivity index (χ0n) is 12.1. The summed E-state index contributed by atoms with van der Waals surface area (Å²) in [6.07, 6.45) is 3.49. The van der Waals surface area contributed by atoms with Gasteiger partial charge in [-0.05, 0) is 0 Å². The standard InChI is InChI=1S/C18H12N4Se/c19-22-21-18(13-9-11-20-12-10-13)14-5-1-3-7-16(14)23-17-8-4-2-6-15(17)18/h1-12H. The van der Waals surface area contributed by atoms with Crippen LogP contribution in [0.15, 0.2) is 78.2 Å². The predicted octanol–water partition coefficient (Wildman–Crippen LogP) is 2.65. The number of hydrogen-bond donors (Lipinski definition) is 0. The van der Waals surface area contributed by atoms with E-state index >= 15 is 0 Å². The molecule has 2 aromatic carbocycles. The van der Waals surface area contributed by atoms with Crippen molar-refractivity contribution in [2.75, 3.05) is 0 Å². The van der Waals surface area contributed by atoms with E-state index in [4.69, 9.17) is 0 Å². The Labute approximate surface area is 140 Å². The predicted molar refractivity (Wildman–Crippen MR) is 91.2 cm³/mol. The van der Waals surface area contributed by atoms with Crippen LogP contribution in [0.5, 0.6) is 0 Å². The Morgan fingerprint density at radius 3 is 2.00 bits per heavy atom. The number of hydrogen-bond acceptors (Lipinski definition) is 2. The van der Waals surface area contributed by atoms with Crippen molar-refractivity contribution in [3.05, 3.63) is 100 Å². The molecule has 0 bridgehead atoms. The Balaban J connectivity index is 2.15. The first-order valence-electron chi connectivity index (χ1n) is 7.20. The second-order valence-corrected chi connectivity index (χ2v) is 7.50. The van der Waals surface area contributed by atoms with Crippen LogP contribution in [-0.4, -0.2) is 19.9 Å². The quantitative estimate of drug-likeness (QED) is 0.299. The van der Waals surface area contributed by atoms with Gasteiger partial charge in [-0.15, -0.1) is 0 Å². The van der Waals surface area contributed by atoms with Crippen LogP contribution in [0.25, 0.3) is 10.4 Å². The van der Waals surface area contributed by atoms with Gasteiger partial charge < -0.3 is 0 Å². The molecule has 0 N–H and O–H groups in total. The van der Waals surface area contributed by atoms with E-state index in [-0.39, 0.29) is 15.0 Å². The molecule has 4 rings (SSSR count). The van der Waals surface area contributed by atoms with E-state index in [0.717, 1.165) is 16.7 Å². The van der Waals surface area contributed by atoms with Crippen molar-refractivity contribution in [1.29, 1.82) is 0 Å². The molecule has 0 amide bonds. The average molecular weight is 363 g/mol. The van der Waals surface area contributed by atoms with E-state index in [9.17, 15) is 5.53 Å². The molecular formula is C18H12N4Se. The molecule has 2 heterocycles. The molecule has 1 aliphatic heterocycles. The Bertz CT molecular complexity index is 872. The van der Waals surface area contributed by atoms with Gasteiger partial charge in [0.2, 0.25) is 0 Å². The van der Waals surface area contributed by atoms with Gasteiger partial charge in [-0.2, -0.15) is 0 Å². The normalized spacial score (nSPS) is 14.3. The maximum atomic E-state index is 9.34. The Kier molecular flexibility index (Phi) is 3.39.